The monoisotopic (exact) mass is 145 g/mol. The molecule has 0 aromatic carbocycles. The third kappa shape index (κ3) is 6.05. The summed E-state index contributed by atoms with van der Waals surface area (Å²) in [6, 6.07) is 0. The molecule has 61 valence electrons. The summed E-state index contributed by atoms with van der Waals surface area (Å²) >= 11 is 0. The fourth-order valence-electron chi connectivity index (χ4n) is 0.632. The van der Waals surface area contributed by atoms with Crippen LogP contribution < -0.4 is 0 Å². The van der Waals surface area contributed by atoms with Crippen LogP contribution in [-0.2, 0) is 9.47 Å². The molecule has 0 bridgehead atoms. The summed E-state index contributed by atoms with van der Waals surface area (Å²) < 4.78 is 10.5. The first-order valence-electron chi connectivity index (χ1n) is 3.73. The van der Waals surface area contributed by atoms with Gasteiger partial charge in [-0.05, 0) is 27.7 Å². The minimum Gasteiger partial charge on any atom is -0.376 e. The zero-order valence-electron chi connectivity index (χ0n) is 7.09. The van der Waals surface area contributed by atoms with Crippen molar-refractivity contribution in [1.82, 2.24) is 0 Å². The van der Waals surface area contributed by atoms with Gasteiger partial charge in [-0.15, -0.1) is 0 Å². The van der Waals surface area contributed by atoms with E-state index < -0.39 is 0 Å². The molecular weight excluding hydrogens is 128 g/mol. The Morgan fingerprint density at radius 1 is 1.30 bits per heavy atom. The summed E-state index contributed by atoms with van der Waals surface area (Å²) in [6.07, 6.45) is 0.247. The lowest BCUT2D eigenvalue weighted by Crippen LogP contribution is -2.18. The van der Waals surface area contributed by atoms with Crippen molar-refractivity contribution < 1.29 is 9.47 Å². The van der Waals surface area contributed by atoms with Gasteiger partial charge in [0, 0.05) is 6.61 Å². The second kappa shape index (κ2) is 5.69. The molecule has 0 amide bonds. The average Bonchev–Trinajstić information content (AvgIpc) is 1.85. The van der Waals surface area contributed by atoms with Crippen LogP contribution in [0.1, 0.15) is 20.8 Å². The maximum Gasteiger partial charge on any atom is 0.0780 e. The molecule has 0 aliphatic heterocycles. The van der Waals surface area contributed by atoms with Crippen molar-refractivity contribution in [3.8, 4) is 0 Å². The summed E-state index contributed by atoms with van der Waals surface area (Å²) in [4.78, 5) is 0. The van der Waals surface area contributed by atoms with Gasteiger partial charge < -0.3 is 9.47 Å². The standard InChI is InChI=1S/C8H17O2/c1-5-9-8(4)6-10-7(2)3/h7-8H,2,5-6H2,1,3-4H3. The van der Waals surface area contributed by atoms with E-state index in [4.69, 9.17) is 9.47 Å². The maximum atomic E-state index is 5.24. The van der Waals surface area contributed by atoms with E-state index in [0.717, 1.165) is 6.61 Å². The third-order valence-corrected chi connectivity index (χ3v) is 1.07. The quantitative estimate of drug-likeness (QED) is 0.585. The average molecular weight is 145 g/mol. The summed E-state index contributed by atoms with van der Waals surface area (Å²) in [7, 11) is 0. The van der Waals surface area contributed by atoms with E-state index in [2.05, 4.69) is 6.92 Å². The van der Waals surface area contributed by atoms with Gasteiger partial charge in [0.05, 0.1) is 18.8 Å². The molecule has 2 heteroatoms. The van der Waals surface area contributed by atoms with Crippen molar-refractivity contribution in [2.45, 2.75) is 33.0 Å². The van der Waals surface area contributed by atoms with Crippen LogP contribution in [0.3, 0.4) is 0 Å². The minimum atomic E-state index is 0.0582. The topological polar surface area (TPSA) is 18.5 Å². The van der Waals surface area contributed by atoms with Crippen LogP contribution in [0.25, 0.3) is 0 Å². The second-order valence-corrected chi connectivity index (χ2v) is 2.41. The number of hydrogen-bond acceptors (Lipinski definition) is 2. The number of ether oxygens (including phenoxy) is 2. The smallest absolute Gasteiger partial charge is 0.0780 e. The van der Waals surface area contributed by atoms with E-state index in [1.165, 1.54) is 0 Å². The van der Waals surface area contributed by atoms with E-state index >= 15 is 0 Å². The van der Waals surface area contributed by atoms with Gasteiger partial charge in [0.15, 0.2) is 0 Å². The molecule has 0 N–H and O–H groups in total. The van der Waals surface area contributed by atoms with E-state index in [0.29, 0.717) is 6.61 Å². The first kappa shape index (κ1) is 9.92. The van der Waals surface area contributed by atoms with Crippen LogP contribution in [0.2, 0.25) is 0 Å². The lowest BCUT2D eigenvalue weighted by molar-refractivity contribution is -0.0157. The van der Waals surface area contributed by atoms with Crippen molar-refractivity contribution in [1.29, 1.82) is 0 Å². The Hall–Kier alpha value is -0.0800. The molecule has 1 radical (unpaired) electrons. The molecule has 0 aliphatic carbocycles. The zero-order chi connectivity index (χ0) is 7.98. The number of rotatable bonds is 5. The van der Waals surface area contributed by atoms with Gasteiger partial charge in [0.25, 0.3) is 0 Å². The van der Waals surface area contributed by atoms with Crippen LogP contribution in [0, 0.1) is 6.92 Å². The van der Waals surface area contributed by atoms with Crippen LogP contribution in [0.4, 0.5) is 0 Å². The number of hydrogen-bond donors (Lipinski definition) is 0. The van der Waals surface area contributed by atoms with E-state index in [1.807, 2.05) is 20.8 Å². The zero-order valence-corrected chi connectivity index (χ0v) is 7.09. The summed E-state index contributed by atoms with van der Waals surface area (Å²) in [5, 5.41) is 0. The normalized spacial score (nSPS) is 14.1. The Bertz CT molecular complexity index is 71.7. The molecule has 2 nitrogen and oxygen atoms in total. The minimum absolute atomic E-state index is 0.0582. The van der Waals surface area contributed by atoms with Crippen LogP contribution >= 0.6 is 0 Å². The van der Waals surface area contributed by atoms with Crippen molar-refractivity contribution in [2.75, 3.05) is 13.2 Å². The first-order chi connectivity index (χ1) is 4.66. The predicted molar refractivity (Wildman–Crippen MR) is 41.9 cm³/mol. The molecule has 0 aromatic heterocycles. The fraction of sp³-hybridized carbons (Fsp3) is 0.875. The van der Waals surface area contributed by atoms with Gasteiger partial charge in [-0.1, -0.05) is 0 Å². The summed E-state index contributed by atoms with van der Waals surface area (Å²) in [5.74, 6) is 0. The predicted octanol–water partition coefficient (Wildman–Crippen LogP) is 1.65. The fourth-order valence-corrected chi connectivity index (χ4v) is 0.632. The van der Waals surface area contributed by atoms with Gasteiger partial charge in [-0.2, -0.15) is 0 Å². The van der Waals surface area contributed by atoms with Crippen molar-refractivity contribution >= 4 is 0 Å². The maximum absolute atomic E-state index is 5.24. The Morgan fingerprint density at radius 3 is 2.30 bits per heavy atom. The second-order valence-electron chi connectivity index (χ2n) is 2.41. The Balaban J connectivity index is 3.12. The molecule has 0 aliphatic rings. The highest BCUT2D eigenvalue weighted by molar-refractivity contribution is 4.53. The summed E-state index contributed by atoms with van der Waals surface area (Å²) in [6.45, 7) is 11.0. The molecule has 0 saturated heterocycles. The Labute approximate surface area is 63.5 Å². The van der Waals surface area contributed by atoms with E-state index in [1.54, 1.807) is 0 Å². The van der Waals surface area contributed by atoms with Crippen molar-refractivity contribution in [3.05, 3.63) is 6.92 Å². The highest BCUT2D eigenvalue weighted by Crippen LogP contribution is 1.94. The van der Waals surface area contributed by atoms with E-state index in [-0.39, 0.29) is 12.2 Å². The Kier molecular flexibility index (Phi) is 5.64. The van der Waals surface area contributed by atoms with Gasteiger partial charge in [-0.25, -0.2) is 0 Å². The molecule has 0 aromatic rings. The molecule has 2 atom stereocenters. The van der Waals surface area contributed by atoms with Crippen molar-refractivity contribution in [3.63, 3.8) is 0 Å². The molecular formula is C8H17O2. The highest BCUT2D eigenvalue weighted by Gasteiger charge is 2.01. The van der Waals surface area contributed by atoms with Crippen LogP contribution in [0.5, 0.6) is 0 Å². The van der Waals surface area contributed by atoms with Gasteiger partial charge in [-0.3, -0.25) is 0 Å². The third-order valence-electron chi connectivity index (χ3n) is 1.07. The van der Waals surface area contributed by atoms with Gasteiger partial charge in [0.2, 0.25) is 0 Å². The lowest BCUT2D eigenvalue weighted by atomic mass is 10.4. The van der Waals surface area contributed by atoms with Crippen LogP contribution in [0.15, 0.2) is 0 Å². The largest absolute Gasteiger partial charge is 0.376 e. The summed E-state index contributed by atoms with van der Waals surface area (Å²) in [5.41, 5.74) is 0. The van der Waals surface area contributed by atoms with Crippen molar-refractivity contribution in [2.24, 2.45) is 0 Å². The molecule has 0 saturated carbocycles. The molecule has 0 heterocycles. The van der Waals surface area contributed by atoms with Crippen LogP contribution in [-0.4, -0.2) is 25.4 Å². The van der Waals surface area contributed by atoms with Gasteiger partial charge >= 0.3 is 0 Å². The van der Waals surface area contributed by atoms with E-state index in [9.17, 15) is 0 Å². The SMILES string of the molecule is [CH2]C(C)OCC(C)OCC. The molecule has 0 fully saturated rings. The molecule has 10 heavy (non-hydrogen) atoms. The molecule has 0 rings (SSSR count). The first-order valence-corrected chi connectivity index (χ1v) is 3.73. The molecule has 2 unspecified atom stereocenters. The lowest BCUT2D eigenvalue weighted by Gasteiger charge is -2.13. The molecule has 0 spiro atoms. The Morgan fingerprint density at radius 2 is 1.90 bits per heavy atom. The highest BCUT2D eigenvalue weighted by atomic mass is 16.5. The van der Waals surface area contributed by atoms with Gasteiger partial charge in [0.1, 0.15) is 0 Å².